The first-order chi connectivity index (χ1) is 11.0. The molecule has 5 atom stereocenters. The highest BCUT2D eigenvalue weighted by molar-refractivity contribution is 9.09. The van der Waals surface area contributed by atoms with Gasteiger partial charge in [0.2, 0.25) is 0 Å². The number of aliphatic hydroxyl groups excluding tert-OH is 1. The third-order valence-corrected chi connectivity index (χ3v) is 8.83. The number of carbonyl (C=O) groups excluding carboxylic acids is 1. The molecule has 0 aromatic rings. The molecule has 3 nitrogen and oxygen atoms in total. The lowest BCUT2D eigenvalue weighted by Gasteiger charge is -2.62. The lowest BCUT2D eigenvalue weighted by atomic mass is 9.45. The van der Waals surface area contributed by atoms with E-state index in [1.165, 1.54) is 0 Å². The van der Waals surface area contributed by atoms with Crippen LogP contribution in [0.25, 0.3) is 0 Å². The zero-order valence-electron chi connectivity index (χ0n) is 15.6. The van der Waals surface area contributed by atoms with E-state index < -0.39 is 12.2 Å². The fourth-order valence-corrected chi connectivity index (χ4v) is 6.25. The molecule has 0 aromatic heterocycles. The van der Waals surface area contributed by atoms with E-state index in [-0.39, 0.29) is 22.5 Å². The zero-order valence-corrected chi connectivity index (χ0v) is 17.2. The molecule has 4 heteroatoms. The van der Waals surface area contributed by atoms with Crippen molar-refractivity contribution in [1.82, 2.24) is 0 Å². The highest BCUT2D eigenvalue weighted by Crippen LogP contribution is 2.64. The molecule has 0 heterocycles. The van der Waals surface area contributed by atoms with E-state index in [9.17, 15) is 9.90 Å². The number of aliphatic hydroxyl groups is 2. The van der Waals surface area contributed by atoms with Crippen molar-refractivity contribution in [1.29, 1.82) is 0 Å². The maximum absolute atomic E-state index is 11.6. The van der Waals surface area contributed by atoms with Gasteiger partial charge in [0.15, 0.2) is 5.78 Å². The molecule has 2 aliphatic carbocycles. The molecular weight excluding hydrogens is 368 g/mol. The topological polar surface area (TPSA) is 57.5 Å². The van der Waals surface area contributed by atoms with E-state index >= 15 is 0 Å². The van der Waals surface area contributed by atoms with Gasteiger partial charge < -0.3 is 10.2 Å². The van der Waals surface area contributed by atoms with Gasteiger partial charge >= 0.3 is 0 Å². The molecule has 0 saturated heterocycles. The summed E-state index contributed by atoms with van der Waals surface area (Å²) in [6.07, 6.45) is 5.38. The number of alkyl halides is 1. The van der Waals surface area contributed by atoms with Gasteiger partial charge in [0, 0.05) is 4.83 Å². The average molecular weight is 401 g/mol. The smallest absolute Gasteiger partial charge is 0.183 e. The minimum absolute atomic E-state index is 0.0675. The van der Waals surface area contributed by atoms with E-state index in [4.69, 9.17) is 5.11 Å². The summed E-state index contributed by atoms with van der Waals surface area (Å²) in [5, 5.41) is 20.1. The molecule has 2 saturated carbocycles. The lowest BCUT2D eigenvalue weighted by Crippen LogP contribution is -2.59. The monoisotopic (exact) mass is 400 g/mol. The Morgan fingerprint density at radius 3 is 2.42 bits per heavy atom. The number of halogens is 1. The third kappa shape index (κ3) is 3.39. The number of hydrogen-bond donors (Lipinski definition) is 2. The fraction of sp³-hybridized carbons (Fsp3) is 0.850. The van der Waals surface area contributed by atoms with Crippen molar-refractivity contribution in [3.63, 3.8) is 0 Å². The van der Waals surface area contributed by atoms with Crippen LogP contribution < -0.4 is 0 Å². The number of rotatable bonds is 5. The molecular formula is C20H33BrO3. The van der Waals surface area contributed by atoms with Crippen LogP contribution in [0.15, 0.2) is 12.2 Å². The number of Topliss-reactive ketones (excluding diaryl/α,β-unsaturated/α-hetero) is 1. The van der Waals surface area contributed by atoms with Crippen LogP contribution >= 0.6 is 15.9 Å². The van der Waals surface area contributed by atoms with Gasteiger partial charge in [0.1, 0.15) is 6.61 Å². The second-order valence-corrected chi connectivity index (χ2v) is 10.2. The molecule has 2 aliphatic rings. The van der Waals surface area contributed by atoms with Gasteiger partial charge in [0.25, 0.3) is 0 Å². The maximum atomic E-state index is 11.6. The van der Waals surface area contributed by atoms with Crippen LogP contribution in [0, 0.1) is 22.7 Å². The predicted molar refractivity (Wildman–Crippen MR) is 101 cm³/mol. The number of ketones is 1. The van der Waals surface area contributed by atoms with E-state index in [0.29, 0.717) is 22.7 Å². The molecule has 0 amide bonds. The predicted octanol–water partition coefficient (Wildman–Crippen LogP) is 4.25. The van der Waals surface area contributed by atoms with Gasteiger partial charge in [-0.05, 0) is 73.7 Å². The van der Waals surface area contributed by atoms with Gasteiger partial charge in [-0.25, -0.2) is 0 Å². The van der Waals surface area contributed by atoms with Crippen LogP contribution in [-0.2, 0) is 4.79 Å². The van der Waals surface area contributed by atoms with Crippen LogP contribution in [0.4, 0.5) is 0 Å². The van der Waals surface area contributed by atoms with E-state index in [0.717, 1.165) is 32.1 Å². The summed E-state index contributed by atoms with van der Waals surface area (Å²) >= 11 is 3.89. The Kier molecular flexibility index (Phi) is 5.74. The SMILES string of the molecule is C=C(CC[C@@H]1[C@@]2(C)CC[C@H](Br)C(C)(C)[C@@H]2CC[C@@]1(C)O)C(=O)CO. The number of hydrogen-bond acceptors (Lipinski definition) is 3. The second-order valence-electron chi connectivity index (χ2n) is 9.06. The highest BCUT2D eigenvalue weighted by atomic mass is 79.9. The van der Waals surface area contributed by atoms with Crippen molar-refractivity contribution in [2.24, 2.45) is 22.7 Å². The second kappa shape index (κ2) is 6.85. The van der Waals surface area contributed by atoms with Gasteiger partial charge in [-0.15, -0.1) is 0 Å². The first kappa shape index (κ1) is 20.1. The van der Waals surface area contributed by atoms with Crippen molar-refractivity contribution in [3.05, 3.63) is 12.2 Å². The van der Waals surface area contributed by atoms with Crippen LogP contribution in [-0.4, -0.2) is 33.0 Å². The Bertz CT molecular complexity index is 511. The summed E-state index contributed by atoms with van der Waals surface area (Å²) < 4.78 is 0. The molecule has 0 spiro atoms. The molecule has 0 unspecified atom stereocenters. The van der Waals surface area contributed by atoms with Gasteiger partial charge in [-0.1, -0.05) is 43.3 Å². The number of fused-ring (bicyclic) bond motifs is 1. The molecule has 0 radical (unpaired) electrons. The van der Waals surface area contributed by atoms with Gasteiger partial charge in [-0.2, -0.15) is 0 Å². The first-order valence-corrected chi connectivity index (χ1v) is 10.1. The van der Waals surface area contributed by atoms with Crippen LogP contribution in [0.5, 0.6) is 0 Å². The summed E-state index contributed by atoms with van der Waals surface area (Å²) in [6.45, 7) is 12.3. The molecule has 2 fully saturated rings. The third-order valence-electron chi connectivity index (χ3n) is 7.20. The molecule has 0 aromatic carbocycles. The van der Waals surface area contributed by atoms with Gasteiger partial charge in [0.05, 0.1) is 5.60 Å². The summed E-state index contributed by atoms with van der Waals surface area (Å²) in [5.74, 6) is 0.415. The lowest BCUT2D eigenvalue weighted by molar-refractivity contribution is -0.166. The molecule has 0 bridgehead atoms. The Hall–Kier alpha value is -0.190. The fourth-order valence-electron chi connectivity index (χ4n) is 5.70. The molecule has 138 valence electrons. The largest absolute Gasteiger partial charge is 0.390 e. The van der Waals surface area contributed by atoms with E-state index in [2.05, 4.69) is 43.3 Å². The average Bonchev–Trinajstić information content (AvgIpc) is 2.49. The van der Waals surface area contributed by atoms with Crippen molar-refractivity contribution in [2.75, 3.05) is 6.61 Å². The highest BCUT2D eigenvalue weighted by Gasteiger charge is 2.59. The van der Waals surface area contributed by atoms with E-state index in [1.54, 1.807) is 0 Å². The zero-order chi connectivity index (χ0) is 18.3. The Morgan fingerprint density at radius 1 is 1.21 bits per heavy atom. The molecule has 0 aliphatic heterocycles. The van der Waals surface area contributed by atoms with Crippen LogP contribution in [0.2, 0.25) is 0 Å². The standard InChI is InChI=1S/C20H33BrO3/c1-13(14(23)12-22)6-7-16-19(4)10-9-17(21)18(2,3)15(19)8-11-20(16,5)24/h15-17,22,24H,1,6-12H2,2-5H3/t15-,16+,17-,19-,20+/m0/s1. The summed E-state index contributed by atoms with van der Waals surface area (Å²) in [7, 11) is 0. The molecule has 24 heavy (non-hydrogen) atoms. The maximum Gasteiger partial charge on any atom is 0.183 e. The van der Waals surface area contributed by atoms with Crippen LogP contribution in [0.3, 0.4) is 0 Å². The minimum Gasteiger partial charge on any atom is -0.390 e. The van der Waals surface area contributed by atoms with Crippen molar-refractivity contribution >= 4 is 21.7 Å². The minimum atomic E-state index is -0.705. The van der Waals surface area contributed by atoms with Crippen molar-refractivity contribution in [3.8, 4) is 0 Å². The summed E-state index contributed by atoms with van der Waals surface area (Å²) in [6, 6.07) is 0. The van der Waals surface area contributed by atoms with Crippen molar-refractivity contribution < 1.29 is 15.0 Å². The summed E-state index contributed by atoms with van der Waals surface area (Å²) in [5.41, 5.74) is 0.0354. The van der Waals surface area contributed by atoms with Gasteiger partial charge in [-0.3, -0.25) is 4.79 Å². The van der Waals surface area contributed by atoms with E-state index in [1.807, 2.05) is 6.92 Å². The Morgan fingerprint density at radius 2 is 1.83 bits per heavy atom. The Labute approximate surface area is 155 Å². The molecule has 2 N–H and O–H groups in total. The quantitative estimate of drug-likeness (QED) is 0.535. The first-order valence-electron chi connectivity index (χ1n) is 9.15. The normalized spacial score (nSPS) is 41.5. The van der Waals surface area contributed by atoms with Crippen molar-refractivity contribution in [2.45, 2.75) is 76.6 Å². The van der Waals surface area contributed by atoms with Crippen LogP contribution in [0.1, 0.15) is 66.2 Å². The molecule has 2 rings (SSSR count). The summed E-state index contributed by atoms with van der Waals surface area (Å²) in [4.78, 5) is 12.1. The Balaban J connectivity index is 2.26. The number of carbonyl (C=O) groups is 1.